The lowest BCUT2D eigenvalue weighted by atomic mass is 10.0. The van der Waals surface area contributed by atoms with Crippen LogP contribution in [0.4, 0.5) is 0 Å². The Morgan fingerprint density at radius 2 is 0.965 bits per heavy atom. The van der Waals surface area contributed by atoms with Crippen LogP contribution in [0.25, 0.3) is 0 Å². The molecular formula is C47H82NO8P. The van der Waals surface area contributed by atoms with Crippen LogP contribution in [0.5, 0.6) is 0 Å². The van der Waals surface area contributed by atoms with E-state index >= 15 is 0 Å². The van der Waals surface area contributed by atoms with Gasteiger partial charge < -0.3 is 20.1 Å². The van der Waals surface area contributed by atoms with E-state index in [2.05, 4.69) is 86.8 Å². The van der Waals surface area contributed by atoms with Crippen LogP contribution in [0.1, 0.15) is 181 Å². The number of hydrogen-bond acceptors (Lipinski definition) is 8. The van der Waals surface area contributed by atoms with Gasteiger partial charge >= 0.3 is 19.8 Å². The predicted molar refractivity (Wildman–Crippen MR) is 238 cm³/mol. The van der Waals surface area contributed by atoms with E-state index in [4.69, 9.17) is 24.3 Å². The Morgan fingerprint density at radius 1 is 0.544 bits per heavy atom. The molecule has 0 aromatic carbocycles. The third-order valence-corrected chi connectivity index (χ3v) is 10.1. The lowest BCUT2D eigenvalue weighted by molar-refractivity contribution is -0.161. The molecule has 0 spiro atoms. The Morgan fingerprint density at radius 3 is 1.44 bits per heavy atom. The average molecular weight is 820 g/mol. The molecule has 0 radical (unpaired) electrons. The molecule has 0 aliphatic carbocycles. The number of nitrogens with two attached hydrogens (primary N) is 1. The Balaban J connectivity index is 3.87. The van der Waals surface area contributed by atoms with Gasteiger partial charge in [-0.2, -0.15) is 0 Å². The van der Waals surface area contributed by atoms with Crippen molar-refractivity contribution in [2.45, 2.75) is 187 Å². The van der Waals surface area contributed by atoms with E-state index in [1.54, 1.807) is 0 Å². The number of phosphoric ester groups is 1. The minimum absolute atomic E-state index is 0.0511. The van der Waals surface area contributed by atoms with Gasteiger partial charge in [-0.1, -0.05) is 177 Å². The molecule has 9 nitrogen and oxygen atoms in total. The summed E-state index contributed by atoms with van der Waals surface area (Å²) in [5, 5.41) is 0. The normalized spacial score (nSPS) is 14.0. The molecular weight excluding hydrogens is 737 g/mol. The summed E-state index contributed by atoms with van der Waals surface area (Å²) >= 11 is 0. The molecule has 0 bridgehead atoms. The first-order valence-corrected chi connectivity index (χ1v) is 23.9. The lowest BCUT2D eigenvalue weighted by Crippen LogP contribution is -2.29. The summed E-state index contributed by atoms with van der Waals surface area (Å²) in [5.41, 5.74) is 5.32. The standard InChI is InChI=1S/C47H82NO8P/c1-3-5-7-9-10-11-12-13-14-15-16-17-18-19-20-21-22-23-24-25-26-27-28-29-30-31-32-33-34-36-38-40-47(50)56-45(44-55-57(51,52)54-42-41-48)43-53-46(49)39-37-35-8-6-4-2/h5,7,10-11,13-14,16-17,19-20,22-23,45H,3-4,6,8-9,12,15,18,21,24-44,48H2,1-2H3,(H,51,52)/b7-5-,11-10-,14-13-,17-16-,20-19-,23-22-. The fourth-order valence-electron chi connectivity index (χ4n) is 5.81. The first-order chi connectivity index (χ1) is 27.8. The van der Waals surface area contributed by atoms with Crippen molar-refractivity contribution < 1.29 is 37.6 Å². The highest BCUT2D eigenvalue weighted by Gasteiger charge is 2.26. The Hall–Kier alpha value is -2.55. The molecule has 328 valence electrons. The van der Waals surface area contributed by atoms with E-state index in [1.807, 2.05) is 0 Å². The minimum atomic E-state index is -4.37. The number of phosphoric acid groups is 1. The monoisotopic (exact) mass is 820 g/mol. The first-order valence-electron chi connectivity index (χ1n) is 22.4. The zero-order valence-electron chi connectivity index (χ0n) is 36.0. The molecule has 0 heterocycles. The maximum Gasteiger partial charge on any atom is 0.472 e. The fraction of sp³-hybridized carbons (Fsp3) is 0.702. The largest absolute Gasteiger partial charge is 0.472 e. The topological polar surface area (TPSA) is 134 Å². The van der Waals surface area contributed by atoms with Crippen LogP contribution < -0.4 is 5.73 Å². The zero-order chi connectivity index (χ0) is 41.8. The van der Waals surface area contributed by atoms with E-state index in [0.29, 0.717) is 6.42 Å². The summed E-state index contributed by atoms with van der Waals surface area (Å²) in [7, 11) is -4.37. The van der Waals surface area contributed by atoms with Crippen molar-refractivity contribution >= 4 is 19.8 Å². The molecule has 2 unspecified atom stereocenters. The summed E-state index contributed by atoms with van der Waals surface area (Å²) in [4.78, 5) is 34.5. The van der Waals surface area contributed by atoms with Crippen molar-refractivity contribution in [3.8, 4) is 0 Å². The smallest absolute Gasteiger partial charge is 0.462 e. The number of unbranched alkanes of at least 4 members (excludes halogenated alkanes) is 16. The second-order valence-electron chi connectivity index (χ2n) is 14.5. The van der Waals surface area contributed by atoms with Crippen LogP contribution in [0.3, 0.4) is 0 Å². The highest BCUT2D eigenvalue weighted by atomic mass is 31.2. The van der Waals surface area contributed by atoms with E-state index in [1.165, 1.54) is 57.8 Å². The Labute approximate surface area is 348 Å². The minimum Gasteiger partial charge on any atom is -0.462 e. The molecule has 10 heteroatoms. The predicted octanol–water partition coefficient (Wildman–Crippen LogP) is 13.1. The van der Waals surface area contributed by atoms with Crippen LogP contribution in [0.15, 0.2) is 72.9 Å². The number of esters is 2. The summed E-state index contributed by atoms with van der Waals surface area (Å²) in [5.74, 6) is -0.848. The molecule has 2 atom stereocenters. The number of hydrogen-bond donors (Lipinski definition) is 2. The van der Waals surface area contributed by atoms with Gasteiger partial charge in [0.15, 0.2) is 6.10 Å². The molecule has 0 fully saturated rings. The molecule has 3 N–H and O–H groups in total. The van der Waals surface area contributed by atoms with Crippen molar-refractivity contribution in [2.24, 2.45) is 5.73 Å². The lowest BCUT2D eigenvalue weighted by Gasteiger charge is -2.19. The maximum absolute atomic E-state index is 12.5. The Kier molecular flexibility index (Phi) is 41.1. The van der Waals surface area contributed by atoms with Gasteiger partial charge in [-0.3, -0.25) is 18.6 Å². The first kappa shape index (κ1) is 54.5. The van der Waals surface area contributed by atoms with Crippen molar-refractivity contribution in [1.29, 1.82) is 0 Å². The van der Waals surface area contributed by atoms with Gasteiger partial charge in [-0.15, -0.1) is 0 Å². The number of allylic oxidation sites excluding steroid dienone is 12. The summed E-state index contributed by atoms with van der Waals surface area (Å²) in [6.45, 7) is 3.50. The van der Waals surface area contributed by atoms with Crippen molar-refractivity contribution in [2.75, 3.05) is 26.4 Å². The Bertz CT molecular complexity index is 1160. The summed E-state index contributed by atoms with van der Waals surface area (Å²) in [6, 6.07) is 0. The van der Waals surface area contributed by atoms with Crippen LogP contribution in [0.2, 0.25) is 0 Å². The molecule has 0 saturated heterocycles. The van der Waals surface area contributed by atoms with Gasteiger partial charge in [-0.05, 0) is 64.2 Å². The van der Waals surface area contributed by atoms with Crippen LogP contribution >= 0.6 is 7.82 Å². The molecule has 0 aromatic heterocycles. The quantitative estimate of drug-likeness (QED) is 0.0267. The summed E-state index contributed by atoms with van der Waals surface area (Å²) < 4.78 is 32.5. The molecule has 57 heavy (non-hydrogen) atoms. The number of carbonyl (C=O) groups is 2. The van der Waals surface area contributed by atoms with E-state index in [9.17, 15) is 19.0 Å². The molecule has 0 saturated carbocycles. The third kappa shape index (κ3) is 42.9. The molecule has 0 amide bonds. The second-order valence-corrected chi connectivity index (χ2v) is 16.0. The van der Waals surface area contributed by atoms with Gasteiger partial charge in [-0.25, -0.2) is 4.57 Å². The van der Waals surface area contributed by atoms with E-state index < -0.39 is 32.5 Å². The SMILES string of the molecule is CC/C=C\C/C=C\C/C=C\C/C=C\C/C=C\C/C=C\CCCCCCCCCCCCCCC(=O)OC(COC(=O)CCCCCCC)COP(=O)(O)OCCN. The maximum atomic E-state index is 12.5. The van der Waals surface area contributed by atoms with Crippen molar-refractivity contribution in [3.63, 3.8) is 0 Å². The summed E-state index contributed by atoms with van der Waals surface area (Å²) in [6.07, 6.45) is 52.8. The van der Waals surface area contributed by atoms with E-state index in [0.717, 1.165) is 89.9 Å². The highest BCUT2D eigenvalue weighted by Crippen LogP contribution is 2.43. The van der Waals surface area contributed by atoms with Gasteiger partial charge in [0.1, 0.15) is 6.61 Å². The van der Waals surface area contributed by atoms with Gasteiger partial charge in [0.25, 0.3) is 0 Å². The number of rotatable bonds is 41. The molecule has 0 aliphatic heterocycles. The van der Waals surface area contributed by atoms with Crippen LogP contribution in [-0.4, -0.2) is 49.3 Å². The van der Waals surface area contributed by atoms with Crippen molar-refractivity contribution in [1.82, 2.24) is 0 Å². The van der Waals surface area contributed by atoms with Gasteiger partial charge in [0, 0.05) is 19.4 Å². The van der Waals surface area contributed by atoms with Crippen LogP contribution in [-0.2, 0) is 32.7 Å². The van der Waals surface area contributed by atoms with Gasteiger partial charge in [0.2, 0.25) is 0 Å². The van der Waals surface area contributed by atoms with Crippen LogP contribution in [0, 0.1) is 0 Å². The highest BCUT2D eigenvalue weighted by molar-refractivity contribution is 7.47. The van der Waals surface area contributed by atoms with Crippen molar-refractivity contribution in [3.05, 3.63) is 72.9 Å². The average Bonchev–Trinajstić information content (AvgIpc) is 3.20. The number of ether oxygens (including phenoxy) is 2. The third-order valence-electron chi connectivity index (χ3n) is 9.11. The molecule has 0 rings (SSSR count). The zero-order valence-corrected chi connectivity index (χ0v) is 36.9. The van der Waals surface area contributed by atoms with Gasteiger partial charge in [0.05, 0.1) is 13.2 Å². The number of carbonyl (C=O) groups excluding carboxylic acids is 2. The van der Waals surface area contributed by atoms with E-state index in [-0.39, 0.29) is 32.6 Å². The molecule has 0 aromatic rings. The molecule has 0 aliphatic rings. The fourth-order valence-corrected chi connectivity index (χ4v) is 6.58. The second kappa shape index (κ2) is 43.0.